The fourth-order valence-electron chi connectivity index (χ4n) is 2.31. The third-order valence-corrected chi connectivity index (χ3v) is 4.34. The van der Waals surface area contributed by atoms with E-state index >= 15 is 0 Å². The van der Waals surface area contributed by atoms with Crippen LogP contribution >= 0.6 is 31.9 Å². The molecular formula is C14H17Br2N3. The summed E-state index contributed by atoms with van der Waals surface area (Å²) in [6, 6.07) is 6.50. The van der Waals surface area contributed by atoms with Crippen LogP contribution in [0.15, 0.2) is 33.3 Å². The number of halogens is 2. The Labute approximate surface area is 130 Å². The van der Waals surface area contributed by atoms with E-state index in [1.807, 2.05) is 17.9 Å². The number of nitrogens with zero attached hydrogens (tertiary/aromatic N) is 2. The lowest BCUT2D eigenvalue weighted by Crippen LogP contribution is -2.22. The lowest BCUT2D eigenvalue weighted by molar-refractivity contribution is 0.560. The summed E-state index contributed by atoms with van der Waals surface area (Å²) in [5, 5.41) is 7.79. The highest BCUT2D eigenvalue weighted by molar-refractivity contribution is 9.10. The van der Waals surface area contributed by atoms with Crippen LogP contribution in [0, 0.1) is 6.92 Å². The average molecular weight is 387 g/mol. The molecule has 0 amide bonds. The Balaban J connectivity index is 2.52. The standard InChI is InChI=1S/C14H17Br2N3/c1-4-19-14(12(16)8-18-19)13(17-3)11-6-5-10(15)7-9(11)2/h5-8,13,17H,4H2,1-3H3. The summed E-state index contributed by atoms with van der Waals surface area (Å²) in [6.45, 7) is 5.09. The van der Waals surface area contributed by atoms with E-state index in [4.69, 9.17) is 0 Å². The van der Waals surface area contributed by atoms with Crippen LogP contribution in [0.3, 0.4) is 0 Å². The molecule has 1 N–H and O–H groups in total. The Kier molecular flexibility index (Phi) is 4.81. The highest BCUT2D eigenvalue weighted by atomic mass is 79.9. The van der Waals surface area contributed by atoms with Crippen LogP contribution in [0.5, 0.6) is 0 Å². The van der Waals surface area contributed by atoms with E-state index in [-0.39, 0.29) is 6.04 Å². The molecule has 1 unspecified atom stereocenters. The van der Waals surface area contributed by atoms with E-state index in [0.717, 1.165) is 21.2 Å². The Bertz CT molecular complexity index is 578. The lowest BCUT2D eigenvalue weighted by Gasteiger charge is -2.21. The van der Waals surface area contributed by atoms with Crippen molar-refractivity contribution in [2.24, 2.45) is 0 Å². The summed E-state index contributed by atoms with van der Waals surface area (Å²) in [5.41, 5.74) is 3.68. The van der Waals surface area contributed by atoms with Crippen molar-refractivity contribution in [2.75, 3.05) is 7.05 Å². The molecule has 0 spiro atoms. The second-order valence-corrected chi connectivity index (χ2v) is 6.19. The van der Waals surface area contributed by atoms with E-state index in [9.17, 15) is 0 Å². The number of aromatic nitrogens is 2. The molecule has 5 heteroatoms. The van der Waals surface area contributed by atoms with E-state index in [0.29, 0.717) is 0 Å². The second kappa shape index (κ2) is 6.20. The van der Waals surface area contributed by atoms with Crippen molar-refractivity contribution in [3.8, 4) is 0 Å². The summed E-state index contributed by atoms with van der Waals surface area (Å²) < 4.78 is 4.16. The number of hydrogen-bond acceptors (Lipinski definition) is 2. The molecule has 0 radical (unpaired) electrons. The predicted octanol–water partition coefficient (Wildman–Crippen LogP) is 4.05. The van der Waals surface area contributed by atoms with Crippen LogP contribution in [0.1, 0.15) is 29.8 Å². The molecule has 1 atom stereocenters. The molecule has 0 saturated heterocycles. The van der Waals surface area contributed by atoms with Gasteiger partial charge < -0.3 is 5.32 Å². The molecule has 0 saturated carbocycles. The van der Waals surface area contributed by atoms with Crippen LogP contribution in [-0.2, 0) is 6.54 Å². The maximum atomic E-state index is 4.40. The van der Waals surface area contributed by atoms with Gasteiger partial charge in [-0.25, -0.2) is 0 Å². The van der Waals surface area contributed by atoms with Gasteiger partial charge in [-0.15, -0.1) is 0 Å². The van der Waals surface area contributed by atoms with Crippen LogP contribution in [0.25, 0.3) is 0 Å². The topological polar surface area (TPSA) is 29.9 Å². The number of nitrogens with one attached hydrogen (secondary N) is 1. The first kappa shape index (κ1) is 14.8. The largest absolute Gasteiger partial charge is 0.308 e. The third-order valence-electron chi connectivity index (χ3n) is 3.24. The SMILES string of the molecule is CCn1ncc(Br)c1C(NC)c1ccc(Br)cc1C. The van der Waals surface area contributed by atoms with Crippen molar-refractivity contribution in [1.29, 1.82) is 0 Å². The van der Waals surface area contributed by atoms with Gasteiger partial charge in [-0.05, 0) is 60.1 Å². The first-order valence-corrected chi connectivity index (χ1v) is 7.81. The zero-order valence-corrected chi connectivity index (χ0v) is 14.4. The fourth-order valence-corrected chi connectivity index (χ4v) is 3.31. The van der Waals surface area contributed by atoms with Crippen molar-refractivity contribution >= 4 is 31.9 Å². The van der Waals surface area contributed by atoms with Gasteiger partial charge in [-0.2, -0.15) is 5.10 Å². The van der Waals surface area contributed by atoms with Gasteiger partial charge in [-0.3, -0.25) is 4.68 Å². The summed E-state index contributed by atoms with van der Waals surface area (Å²) >= 11 is 7.11. The maximum Gasteiger partial charge on any atom is 0.0760 e. The van der Waals surface area contributed by atoms with E-state index < -0.39 is 0 Å². The average Bonchev–Trinajstić information content (AvgIpc) is 2.74. The molecule has 0 bridgehead atoms. The van der Waals surface area contributed by atoms with Gasteiger partial charge in [0.25, 0.3) is 0 Å². The first-order chi connectivity index (χ1) is 9.08. The van der Waals surface area contributed by atoms with Crippen molar-refractivity contribution in [2.45, 2.75) is 26.4 Å². The summed E-state index contributed by atoms with van der Waals surface area (Å²) in [7, 11) is 1.98. The van der Waals surface area contributed by atoms with Gasteiger partial charge in [-0.1, -0.05) is 22.0 Å². The van der Waals surface area contributed by atoms with Crippen molar-refractivity contribution in [1.82, 2.24) is 15.1 Å². The van der Waals surface area contributed by atoms with Crippen molar-refractivity contribution < 1.29 is 0 Å². The van der Waals surface area contributed by atoms with Crippen molar-refractivity contribution in [3.63, 3.8) is 0 Å². The zero-order valence-electron chi connectivity index (χ0n) is 11.2. The number of rotatable bonds is 4. The van der Waals surface area contributed by atoms with Gasteiger partial charge >= 0.3 is 0 Å². The minimum absolute atomic E-state index is 0.130. The summed E-state index contributed by atoms with van der Waals surface area (Å²) in [5.74, 6) is 0. The van der Waals surface area contributed by atoms with E-state index in [1.54, 1.807) is 0 Å². The monoisotopic (exact) mass is 385 g/mol. The van der Waals surface area contributed by atoms with Gasteiger partial charge in [0, 0.05) is 11.0 Å². The molecule has 2 rings (SSSR count). The third kappa shape index (κ3) is 2.93. The molecule has 0 aliphatic rings. The predicted molar refractivity (Wildman–Crippen MR) is 85.4 cm³/mol. The molecule has 3 nitrogen and oxygen atoms in total. The smallest absolute Gasteiger partial charge is 0.0760 e. The molecule has 0 fully saturated rings. The molecule has 0 aliphatic carbocycles. The number of hydrogen-bond donors (Lipinski definition) is 1. The minimum Gasteiger partial charge on any atom is -0.308 e. The normalized spacial score (nSPS) is 12.7. The van der Waals surface area contributed by atoms with Crippen LogP contribution in [0.4, 0.5) is 0 Å². The second-order valence-electron chi connectivity index (χ2n) is 4.42. The highest BCUT2D eigenvalue weighted by Gasteiger charge is 2.21. The van der Waals surface area contributed by atoms with Crippen LogP contribution in [0.2, 0.25) is 0 Å². The zero-order chi connectivity index (χ0) is 14.0. The molecule has 1 aromatic carbocycles. The highest BCUT2D eigenvalue weighted by Crippen LogP contribution is 2.31. The molecule has 19 heavy (non-hydrogen) atoms. The number of benzene rings is 1. The Morgan fingerprint density at radius 3 is 2.68 bits per heavy atom. The molecule has 1 heterocycles. The van der Waals surface area contributed by atoms with Crippen LogP contribution < -0.4 is 5.32 Å². The Morgan fingerprint density at radius 1 is 1.37 bits per heavy atom. The van der Waals surface area contributed by atoms with Gasteiger partial charge in [0.15, 0.2) is 0 Å². The van der Waals surface area contributed by atoms with E-state index in [1.165, 1.54) is 11.1 Å². The quantitative estimate of drug-likeness (QED) is 0.858. The van der Waals surface area contributed by atoms with E-state index in [2.05, 4.69) is 74.3 Å². The molecule has 0 aliphatic heterocycles. The molecule has 1 aromatic heterocycles. The van der Waals surface area contributed by atoms with Gasteiger partial charge in [0.2, 0.25) is 0 Å². The number of aryl methyl sites for hydroxylation is 2. The van der Waals surface area contributed by atoms with Crippen molar-refractivity contribution in [3.05, 3.63) is 50.2 Å². The van der Waals surface area contributed by atoms with Crippen LogP contribution in [-0.4, -0.2) is 16.8 Å². The summed E-state index contributed by atoms with van der Waals surface area (Å²) in [4.78, 5) is 0. The maximum absolute atomic E-state index is 4.40. The summed E-state index contributed by atoms with van der Waals surface area (Å²) in [6.07, 6.45) is 1.86. The molecule has 2 aromatic rings. The molecular weight excluding hydrogens is 370 g/mol. The Hall–Kier alpha value is -0.650. The first-order valence-electron chi connectivity index (χ1n) is 6.23. The van der Waals surface area contributed by atoms with Gasteiger partial charge in [0.05, 0.1) is 22.4 Å². The van der Waals surface area contributed by atoms with Gasteiger partial charge in [0.1, 0.15) is 0 Å². The minimum atomic E-state index is 0.130. The molecule has 102 valence electrons. The fraction of sp³-hybridized carbons (Fsp3) is 0.357. The lowest BCUT2D eigenvalue weighted by atomic mass is 9.99. The Morgan fingerprint density at radius 2 is 2.11 bits per heavy atom.